The number of carbonyl (C=O) groups excluding carboxylic acids is 2. The molecule has 0 aliphatic carbocycles. The first kappa shape index (κ1) is 10.9. The zero-order valence-electron chi connectivity index (χ0n) is 9.62. The number of Topliss-reactive ketones (excluding diaryl/α,β-unsaturated/α-hetero) is 1. The van der Waals surface area contributed by atoms with Crippen molar-refractivity contribution >= 4 is 11.7 Å². The third kappa shape index (κ3) is 2.01. The molecule has 0 spiro atoms. The molecule has 4 heteroatoms. The SMILES string of the molecule is CC1(C)CC(=O)CN1C(=O)Cc1cc[nH]c1. The Balaban J connectivity index is 2.08. The Morgan fingerprint density at radius 1 is 1.56 bits per heavy atom. The van der Waals surface area contributed by atoms with Crippen molar-refractivity contribution < 1.29 is 9.59 Å². The number of hydrogen-bond donors (Lipinski definition) is 1. The van der Waals surface area contributed by atoms with Gasteiger partial charge >= 0.3 is 0 Å². The minimum atomic E-state index is -0.329. The number of hydrogen-bond acceptors (Lipinski definition) is 2. The average molecular weight is 220 g/mol. The summed E-state index contributed by atoms with van der Waals surface area (Å²) in [6, 6.07) is 1.88. The predicted molar refractivity (Wildman–Crippen MR) is 59.9 cm³/mol. The van der Waals surface area contributed by atoms with Crippen LogP contribution in [0.4, 0.5) is 0 Å². The zero-order valence-corrected chi connectivity index (χ0v) is 9.62. The Kier molecular flexibility index (Phi) is 2.58. The summed E-state index contributed by atoms with van der Waals surface area (Å²) >= 11 is 0. The molecule has 2 heterocycles. The molecule has 0 radical (unpaired) electrons. The van der Waals surface area contributed by atoms with Gasteiger partial charge in [0.15, 0.2) is 5.78 Å². The molecule has 2 rings (SSSR count). The quantitative estimate of drug-likeness (QED) is 0.812. The predicted octanol–water partition coefficient (Wildman–Crippen LogP) is 1.14. The molecule has 0 aromatic carbocycles. The molecule has 1 aromatic rings. The number of aromatic nitrogens is 1. The summed E-state index contributed by atoms with van der Waals surface area (Å²) in [6.45, 7) is 4.14. The standard InChI is InChI=1S/C12H16N2O2/c1-12(2)6-10(15)8-14(12)11(16)5-9-3-4-13-7-9/h3-4,7,13H,5-6,8H2,1-2H3. The van der Waals surface area contributed by atoms with Crippen molar-refractivity contribution in [2.45, 2.75) is 32.2 Å². The van der Waals surface area contributed by atoms with Crippen LogP contribution >= 0.6 is 0 Å². The van der Waals surface area contributed by atoms with Crippen LogP contribution in [0.1, 0.15) is 25.8 Å². The van der Waals surface area contributed by atoms with Crippen molar-refractivity contribution in [1.29, 1.82) is 0 Å². The Bertz CT molecular complexity index is 407. The summed E-state index contributed by atoms with van der Waals surface area (Å²) in [5, 5.41) is 0. The Morgan fingerprint density at radius 3 is 2.81 bits per heavy atom. The van der Waals surface area contributed by atoms with Gasteiger partial charge in [-0.15, -0.1) is 0 Å². The Morgan fingerprint density at radius 2 is 2.31 bits per heavy atom. The van der Waals surface area contributed by atoms with Crippen molar-refractivity contribution in [1.82, 2.24) is 9.88 Å². The van der Waals surface area contributed by atoms with Gasteiger partial charge in [-0.3, -0.25) is 9.59 Å². The fraction of sp³-hybridized carbons (Fsp3) is 0.500. The molecule has 0 saturated carbocycles. The molecule has 86 valence electrons. The number of nitrogens with one attached hydrogen (secondary N) is 1. The Hall–Kier alpha value is -1.58. The van der Waals surface area contributed by atoms with Crippen molar-refractivity contribution in [2.75, 3.05) is 6.54 Å². The maximum Gasteiger partial charge on any atom is 0.227 e. The van der Waals surface area contributed by atoms with Gasteiger partial charge in [0, 0.05) is 24.4 Å². The molecular weight excluding hydrogens is 204 g/mol. The highest BCUT2D eigenvalue weighted by Crippen LogP contribution is 2.26. The largest absolute Gasteiger partial charge is 0.367 e. The van der Waals surface area contributed by atoms with E-state index in [1.807, 2.05) is 26.1 Å². The van der Waals surface area contributed by atoms with Crippen LogP contribution in [0.25, 0.3) is 0 Å². The lowest BCUT2D eigenvalue weighted by molar-refractivity contribution is -0.134. The second-order valence-corrected chi connectivity index (χ2v) is 4.90. The molecule has 1 aliphatic heterocycles. The molecule has 16 heavy (non-hydrogen) atoms. The molecule has 1 fully saturated rings. The number of carbonyl (C=O) groups is 2. The molecule has 0 unspecified atom stereocenters. The van der Waals surface area contributed by atoms with Crippen LogP contribution in [0.3, 0.4) is 0 Å². The van der Waals surface area contributed by atoms with E-state index in [4.69, 9.17) is 0 Å². The first-order valence-corrected chi connectivity index (χ1v) is 5.43. The smallest absolute Gasteiger partial charge is 0.227 e. The van der Waals surface area contributed by atoms with Crippen molar-refractivity contribution in [3.05, 3.63) is 24.0 Å². The first-order valence-electron chi connectivity index (χ1n) is 5.43. The summed E-state index contributed by atoms with van der Waals surface area (Å²) in [4.78, 5) is 28.0. The number of likely N-dealkylation sites (tertiary alicyclic amines) is 1. The third-order valence-corrected chi connectivity index (χ3v) is 3.01. The number of amides is 1. The van der Waals surface area contributed by atoms with E-state index >= 15 is 0 Å². The Labute approximate surface area is 94.6 Å². The molecule has 4 nitrogen and oxygen atoms in total. The van der Waals surface area contributed by atoms with Crippen LogP contribution in [0.5, 0.6) is 0 Å². The summed E-state index contributed by atoms with van der Waals surface area (Å²) in [5.41, 5.74) is 0.630. The monoisotopic (exact) mass is 220 g/mol. The van der Waals surface area contributed by atoms with Gasteiger partial charge in [-0.1, -0.05) is 0 Å². The molecule has 1 aromatic heterocycles. The zero-order chi connectivity index (χ0) is 11.8. The van der Waals surface area contributed by atoms with Crippen LogP contribution in [-0.2, 0) is 16.0 Å². The second-order valence-electron chi connectivity index (χ2n) is 4.90. The first-order chi connectivity index (χ1) is 7.49. The summed E-state index contributed by atoms with van der Waals surface area (Å²) in [6.07, 6.45) is 4.43. The normalized spacial score (nSPS) is 19.1. The van der Waals surface area contributed by atoms with Gasteiger partial charge in [-0.2, -0.15) is 0 Å². The fourth-order valence-electron chi connectivity index (χ4n) is 2.19. The van der Waals surface area contributed by atoms with E-state index in [0.717, 1.165) is 5.56 Å². The maximum atomic E-state index is 12.0. The number of ketones is 1. The van der Waals surface area contributed by atoms with E-state index in [9.17, 15) is 9.59 Å². The highest BCUT2D eigenvalue weighted by Gasteiger charge is 2.39. The van der Waals surface area contributed by atoms with E-state index in [1.165, 1.54) is 0 Å². The van der Waals surface area contributed by atoms with E-state index < -0.39 is 0 Å². The van der Waals surface area contributed by atoms with E-state index in [-0.39, 0.29) is 23.8 Å². The van der Waals surface area contributed by atoms with Gasteiger partial charge < -0.3 is 9.88 Å². The van der Waals surface area contributed by atoms with Crippen LogP contribution in [-0.4, -0.2) is 33.7 Å². The van der Waals surface area contributed by atoms with Crippen molar-refractivity contribution in [3.63, 3.8) is 0 Å². The summed E-state index contributed by atoms with van der Waals surface area (Å²) in [7, 11) is 0. The summed E-state index contributed by atoms with van der Waals surface area (Å²) in [5.74, 6) is 0.169. The lowest BCUT2D eigenvalue weighted by Gasteiger charge is -2.30. The van der Waals surface area contributed by atoms with Crippen molar-refractivity contribution in [3.8, 4) is 0 Å². The number of aromatic amines is 1. The van der Waals surface area contributed by atoms with Gasteiger partial charge in [-0.05, 0) is 25.5 Å². The molecule has 1 amide bonds. The highest BCUT2D eigenvalue weighted by atomic mass is 16.2. The van der Waals surface area contributed by atoms with Gasteiger partial charge in [0.1, 0.15) is 0 Å². The fourth-order valence-corrected chi connectivity index (χ4v) is 2.19. The average Bonchev–Trinajstić information content (AvgIpc) is 2.73. The van der Waals surface area contributed by atoms with E-state index in [2.05, 4.69) is 4.98 Å². The minimum Gasteiger partial charge on any atom is -0.367 e. The highest BCUT2D eigenvalue weighted by molar-refractivity contribution is 5.91. The molecule has 1 N–H and O–H groups in total. The summed E-state index contributed by atoms with van der Waals surface area (Å²) < 4.78 is 0. The second kappa shape index (κ2) is 3.77. The number of H-pyrrole nitrogens is 1. The lowest BCUT2D eigenvalue weighted by Crippen LogP contribution is -2.43. The van der Waals surface area contributed by atoms with Gasteiger partial charge in [0.05, 0.1) is 13.0 Å². The van der Waals surface area contributed by atoms with Gasteiger partial charge in [0.25, 0.3) is 0 Å². The van der Waals surface area contributed by atoms with Gasteiger partial charge in [-0.25, -0.2) is 0 Å². The number of nitrogens with zero attached hydrogens (tertiary/aromatic N) is 1. The van der Waals surface area contributed by atoms with Crippen LogP contribution in [0.2, 0.25) is 0 Å². The van der Waals surface area contributed by atoms with Crippen LogP contribution in [0, 0.1) is 0 Å². The number of rotatable bonds is 2. The van der Waals surface area contributed by atoms with Crippen LogP contribution < -0.4 is 0 Å². The lowest BCUT2D eigenvalue weighted by atomic mass is 10.0. The van der Waals surface area contributed by atoms with E-state index in [1.54, 1.807) is 11.1 Å². The van der Waals surface area contributed by atoms with Crippen molar-refractivity contribution in [2.24, 2.45) is 0 Å². The molecule has 0 bridgehead atoms. The minimum absolute atomic E-state index is 0.0236. The topological polar surface area (TPSA) is 53.2 Å². The third-order valence-electron chi connectivity index (χ3n) is 3.01. The molecule has 1 aliphatic rings. The van der Waals surface area contributed by atoms with Gasteiger partial charge in [0.2, 0.25) is 5.91 Å². The maximum absolute atomic E-state index is 12.0. The molecule has 1 saturated heterocycles. The molecule has 0 atom stereocenters. The molecular formula is C12H16N2O2. The van der Waals surface area contributed by atoms with Crippen LogP contribution in [0.15, 0.2) is 18.5 Å². The van der Waals surface area contributed by atoms with E-state index in [0.29, 0.717) is 12.8 Å².